The first-order valence-electron chi connectivity index (χ1n) is 5.08. The molecular weight excluding hydrogens is 320 g/mol. The van der Waals surface area contributed by atoms with Crippen molar-refractivity contribution >= 4 is 27.5 Å². The molecule has 3 aromatic rings. The molecule has 0 radical (unpaired) electrons. The van der Waals surface area contributed by atoms with Crippen LogP contribution in [0.3, 0.4) is 0 Å². The van der Waals surface area contributed by atoms with E-state index in [1.807, 2.05) is 18.2 Å². The summed E-state index contributed by atoms with van der Waals surface area (Å²) in [5, 5.41) is 4.46. The zero-order valence-corrected chi connectivity index (χ0v) is 11.3. The minimum Gasteiger partial charge on any atom is -0.444 e. The monoisotopic (exact) mass is 324 g/mol. The fraction of sp³-hybridized carbons (Fsp3) is 0. The van der Waals surface area contributed by atoms with Crippen LogP contribution in [0, 0.1) is 0 Å². The maximum absolute atomic E-state index is 6.07. The first kappa shape index (κ1) is 11.5. The van der Waals surface area contributed by atoms with Crippen LogP contribution in [0.4, 0.5) is 0 Å². The summed E-state index contributed by atoms with van der Waals surface area (Å²) in [6.07, 6.45) is 0. The SMILES string of the molecule is Clc1ccccc1-c1noc(-c2ccc(Br)o2)n1. The van der Waals surface area contributed by atoms with E-state index in [2.05, 4.69) is 26.1 Å². The zero-order valence-electron chi connectivity index (χ0n) is 8.93. The van der Waals surface area contributed by atoms with Crippen molar-refractivity contribution in [2.45, 2.75) is 0 Å². The molecule has 0 atom stereocenters. The Morgan fingerprint density at radius 3 is 2.67 bits per heavy atom. The van der Waals surface area contributed by atoms with E-state index in [9.17, 15) is 0 Å². The van der Waals surface area contributed by atoms with Crippen molar-refractivity contribution in [1.29, 1.82) is 0 Å². The average molecular weight is 326 g/mol. The van der Waals surface area contributed by atoms with Gasteiger partial charge in [0.05, 0.1) is 5.02 Å². The van der Waals surface area contributed by atoms with Gasteiger partial charge >= 0.3 is 0 Å². The number of hydrogen-bond acceptors (Lipinski definition) is 4. The highest BCUT2D eigenvalue weighted by atomic mass is 79.9. The highest BCUT2D eigenvalue weighted by molar-refractivity contribution is 9.10. The molecule has 0 aliphatic carbocycles. The normalized spacial score (nSPS) is 10.8. The van der Waals surface area contributed by atoms with Crippen LogP contribution in [0.5, 0.6) is 0 Å². The smallest absolute Gasteiger partial charge is 0.293 e. The Morgan fingerprint density at radius 1 is 1.11 bits per heavy atom. The lowest BCUT2D eigenvalue weighted by atomic mass is 10.2. The molecule has 0 spiro atoms. The number of rotatable bonds is 2. The molecule has 0 aliphatic heterocycles. The van der Waals surface area contributed by atoms with Gasteiger partial charge in [0.25, 0.3) is 5.89 Å². The standard InChI is InChI=1S/C12H6BrClN2O2/c13-10-6-5-9(17-10)12-15-11(16-18-12)7-3-1-2-4-8(7)14/h1-6H. The van der Waals surface area contributed by atoms with Crippen LogP contribution in [-0.4, -0.2) is 10.1 Å². The summed E-state index contributed by atoms with van der Waals surface area (Å²) < 4.78 is 11.1. The summed E-state index contributed by atoms with van der Waals surface area (Å²) in [4.78, 5) is 4.25. The van der Waals surface area contributed by atoms with Gasteiger partial charge in [0.1, 0.15) is 0 Å². The van der Waals surface area contributed by atoms with Crippen LogP contribution >= 0.6 is 27.5 Å². The molecule has 6 heteroatoms. The third kappa shape index (κ3) is 2.07. The summed E-state index contributed by atoms with van der Waals surface area (Å²) in [6.45, 7) is 0. The van der Waals surface area contributed by atoms with Gasteiger partial charge in [-0.15, -0.1) is 0 Å². The minimum atomic E-state index is 0.315. The zero-order chi connectivity index (χ0) is 12.5. The van der Waals surface area contributed by atoms with E-state index in [4.69, 9.17) is 20.5 Å². The lowest BCUT2D eigenvalue weighted by Crippen LogP contribution is -1.81. The molecule has 1 aromatic carbocycles. The van der Waals surface area contributed by atoms with Gasteiger partial charge in [-0.3, -0.25) is 0 Å². The van der Waals surface area contributed by atoms with E-state index in [1.165, 1.54) is 0 Å². The highest BCUT2D eigenvalue weighted by Gasteiger charge is 2.15. The summed E-state index contributed by atoms with van der Waals surface area (Å²) in [5.41, 5.74) is 0.722. The Bertz CT molecular complexity index is 693. The quantitative estimate of drug-likeness (QED) is 0.700. The van der Waals surface area contributed by atoms with E-state index in [1.54, 1.807) is 18.2 Å². The number of benzene rings is 1. The van der Waals surface area contributed by atoms with Gasteiger partial charge in [-0.1, -0.05) is 28.9 Å². The van der Waals surface area contributed by atoms with Crippen LogP contribution in [0.2, 0.25) is 5.02 Å². The van der Waals surface area contributed by atoms with E-state index < -0.39 is 0 Å². The summed E-state index contributed by atoms with van der Waals surface area (Å²) in [5.74, 6) is 1.26. The molecule has 0 unspecified atom stereocenters. The van der Waals surface area contributed by atoms with Gasteiger partial charge in [0, 0.05) is 5.56 Å². The molecule has 0 saturated heterocycles. The van der Waals surface area contributed by atoms with Crippen molar-refractivity contribution in [2.24, 2.45) is 0 Å². The molecule has 0 fully saturated rings. The van der Waals surface area contributed by atoms with E-state index in [0.717, 1.165) is 5.56 Å². The highest BCUT2D eigenvalue weighted by Crippen LogP contribution is 2.28. The second-order valence-electron chi connectivity index (χ2n) is 3.51. The molecule has 0 bridgehead atoms. The van der Waals surface area contributed by atoms with E-state index in [0.29, 0.717) is 27.2 Å². The van der Waals surface area contributed by atoms with Gasteiger partial charge in [0.15, 0.2) is 10.4 Å². The first-order valence-corrected chi connectivity index (χ1v) is 6.25. The topological polar surface area (TPSA) is 52.1 Å². The predicted octanol–water partition coefficient (Wildman–Crippen LogP) is 4.41. The third-order valence-electron chi connectivity index (χ3n) is 2.32. The molecule has 0 aliphatic rings. The van der Waals surface area contributed by atoms with Gasteiger partial charge < -0.3 is 8.94 Å². The number of nitrogens with zero attached hydrogens (tertiary/aromatic N) is 2. The van der Waals surface area contributed by atoms with Gasteiger partial charge in [-0.2, -0.15) is 4.98 Å². The van der Waals surface area contributed by atoms with Crippen LogP contribution in [-0.2, 0) is 0 Å². The molecule has 18 heavy (non-hydrogen) atoms. The Hall–Kier alpha value is -1.59. The summed E-state index contributed by atoms with van der Waals surface area (Å²) in [6, 6.07) is 10.8. The maximum atomic E-state index is 6.07. The molecule has 0 N–H and O–H groups in total. The molecule has 2 aromatic heterocycles. The fourth-order valence-corrected chi connectivity index (χ4v) is 2.03. The molecule has 90 valence electrons. The minimum absolute atomic E-state index is 0.315. The maximum Gasteiger partial charge on any atom is 0.293 e. The molecule has 0 amide bonds. The second-order valence-corrected chi connectivity index (χ2v) is 4.70. The molecule has 3 rings (SSSR count). The van der Waals surface area contributed by atoms with Crippen LogP contribution < -0.4 is 0 Å². The third-order valence-corrected chi connectivity index (χ3v) is 3.08. The van der Waals surface area contributed by atoms with E-state index >= 15 is 0 Å². The Labute approximate surface area is 116 Å². The molecular formula is C12H6BrClN2O2. The summed E-state index contributed by atoms with van der Waals surface area (Å²) in [7, 11) is 0. The van der Waals surface area contributed by atoms with Crippen molar-refractivity contribution in [1.82, 2.24) is 10.1 Å². The molecule has 0 saturated carbocycles. The number of hydrogen-bond donors (Lipinski definition) is 0. The number of aromatic nitrogens is 2. The average Bonchev–Trinajstić information content (AvgIpc) is 2.98. The van der Waals surface area contributed by atoms with Crippen molar-refractivity contribution in [3.05, 3.63) is 46.1 Å². The van der Waals surface area contributed by atoms with Crippen molar-refractivity contribution in [3.63, 3.8) is 0 Å². The summed E-state index contributed by atoms with van der Waals surface area (Å²) >= 11 is 9.28. The Kier molecular flexibility index (Phi) is 2.93. The largest absolute Gasteiger partial charge is 0.444 e. The van der Waals surface area contributed by atoms with Gasteiger partial charge in [-0.05, 0) is 40.2 Å². The lowest BCUT2D eigenvalue weighted by molar-refractivity contribution is 0.414. The second kappa shape index (κ2) is 4.59. The number of furan rings is 1. The van der Waals surface area contributed by atoms with Gasteiger partial charge in [0.2, 0.25) is 5.82 Å². The lowest BCUT2D eigenvalue weighted by Gasteiger charge is -1.95. The van der Waals surface area contributed by atoms with Crippen molar-refractivity contribution < 1.29 is 8.94 Å². The predicted molar refractivity (Wildman–Crippen MR) is 70.1 cm³/mol. The number of halogens is 2. The molecule has 4 nitrogen and oxygen atoms in total. The van der Waals surface area contributed by atoms with Crippen LogP contribution in [0.15, 0.2) is 50.0 Å². The Balaban J connectivity index is 2.02. The van der Waals surface area contributed by atoms with Crippen molar-refractivity contribution in [3.8, 4) is 23.0 Å². The molecule has 2 heterocycles. The first-order chi connectivity index (χ1) is 8.74. The van der Waals surface area contributed by atoms with Crippen LogP contribution in [0.1, 0.15) is 0 Å². The van der Waals surface area contributed by atoms with Crippen molar-refractivity contribution in [2.75, 3.05) is 0 Å². The van der Waals surface area contributed by atoms with Gasteiger partial charge in [-0.25, -0.2) is 0 Å². The fourth-order valence-electron chi connectivity index (χ4n) is 1.50. The Morgan fingerprint density at radius 2 is 1.94 bits per heavy atom. The van der Waals surface area contributed by atoms with Crippen LogP contribution in [0.25, 0.3) is 23.0 Å². The van der Waals surface area contributed by atoms with E-state index in [-0.39, 0.29) is 0 Å².